The molecule has 1 aromatic rings. The molecule has 1 amide bonds. The molecular formula is C13H18N2O. The van der Waals surface area contributed by atoms with Gasteiger partial charge in [-0.15, -0.1) is 0 Å². The Hall–Kier alpha value is -1.35. The Kier molecular flexibility index (Phi) is 2.97. The fraction of sp³-hybridized carbons (Fsp3) is 0.462. The van der Waals surface area contributed by atoms with Crippen LogP contribution < -0.4 is 5.73 Å². The van der Waals surface area contributed by atoms with Crippen LogP contribution in [0.15, 0.2) is 30.3 Å². The summed E-state index contributed by atoms with van der Waals surface area (Å²) in [5, 5.41) is 0. The topological polar surface area (TPSA) is 46.3 Å². The van der Waals surface area contributed by atoms with Crippen molar-refractivity contribution in [2.45, 2.75) is 25.3 Å². The first kappa shape index (κ1) is 11.1. The molecule has 0 atom stereocenters. The lowest BCUT2D eigenvalue weighted by Gasteiger charge is -2.39. The summed E-state index contributed by atoms with van der Waals surface area (Å²) in [6.07, 6.45) is 1.69. The van der Waals surface area contributed by atoms with E-state index in [4.69, 9.17) is 5.73 Å². The molecule has 2 rings (SSSR count). The number of nitrogens with zero attached hydrogens (tertiary/aromatic N) is 1. The van der Waals surface area contributed by atoms with Gasteiger partial charge in [0.15, 0.2) is 0 Å². The van der Waals surface area contributed by atoms with Crippen LogP contribution in [0.1, 0.15) is 25.3 Å². The van der Waals surface area contributed by atoms with Crippen LogP contribution in [-0.4, -0.2) is 23.9 Å². The summed E-state index contributed by atoms with van der Waals surface area (Å²) in [4.78, 5) is 13.1. The highest BCUT2D eigenvalue weighted by atomic mass is 16.2. The molecule has 1 heterocycles. The number of hydrogen-bond acceptors (Lipinski definition) is 2. The minimum Gasteiger partial charge on any atom is -0.343 e. The fourth-order valence-electron chi connectivity index (χ4n) is 2.28. The summed E-state index contributed by atoms with van der Waals surface area (Å²) in [7, 11) is 0. The second-order valence-corrected chi connectivity index (χ2v) is 4.53. The Balaban J connectivity index is 2.10. The van der Waals surface area contributed by atoms with Crippen LogP contribution in [0.25, 0.3) is 0 Å². The minimum absolute atomic E-state index is 0.148. The number of benzene rings is 1. The van der Waals surface area contributed by atoms with Crippen LogP contribution in [0.2, 0.25) is 0 Å². The van der Waals surface area contributed by atoms with Crippen LogP contribution in [0.4, 0.5) is 0 Å². The SMILES string of the molecule is CC(=O)N1CCC(N)(c2ccccc2)CC1. The number of hydrogen-bond donors (Lipinski definition) is 1. The van der Waals surface area contributed by atoms with Gasteiger partial charge in [-0.3, -0.25) is 4.79 Å². The zero-order valence-corrected chi connectivity index (χ0v) is 9.65. The molecule has 0 aromatic heterocycles. The highest BCUT2D eigenvalue weighted by Crippen LogP contribution is 2.29. The molecule has 1 aromatic carbocycles. The van der Waals surface area contributed by atoms with Crippen molar-refractivity contribution in [2.75, 3.05) is 13.1 Å². The maximum absolute atomic E-state index is 11.2. The summed E-state index contributed by atoms with van der Waals surface area (Å²) < 4.78 is 0. The van der Waals surface area contributed by atoms with Crippen molar-refractivity contribution in [3.63, 3.8) is 0 Å². The van der Waals surface area contributed by atoms with Gasteiger partial charge >= 0.3 is 0 Å². The zero-order chi connectivity index (χ0) is 11.6. The van der Waals surface area contributed by atoms with Gasteiger partial charge < -0.3 is 10.6 Å². The van der Waals surface area contributed by atoms with Crippen molar-refractivity contribution in [3.05, 3.63) is 35.9 Å². The van der Waals surface area contributed by atoms with Gasteiger partial charge in [-0.05, 0) is 18.4 Å². The summed E-state index contributed by atoms with van der Waals surface area (Å²) in [5.74, 6) is 0.148. The molecule has 86 valence electrons. The van der Waals surface area contributed by atoms with E-state index in [1.54, 1.807) is 6.92 Å². The maximum atomic E-state index is 11.2. The van der Waals surface area contributed by atoms with E-state index in [1.165, 1.54) is 5.56 Å². The van der Waals surface area contributed by atoms with Crippen LogP contribution in [0, 0.1) is 0 Å². The molecule has 0 radical (unpaired) electrons. The molecule has 1 fully saturated rings. The van der Waals surface area contributed by atoms with Gasteiger partial charge in [0.2, 0.25) is 5.91 Å². The number of rotatable bonds is 1. The van der Waals surface area contributed by atoms with Crippen molar-refractivity contribution >= 4 is 5.91 Å². The van der Waals surface area contributed by atoms with Gasteiger partial charge in [0.25, 0.3) is 0 Å². The molecule has 16 heavy (non-hydrogen) atoms. The first-order chi connectivity index (χ1) is 7.62. The second-order valence-electron chi connectivity index (χ2n) is 4.53. The van der Waals surface area contributed by atoms with E-state index in [1.807, 2.05) is 23.1 Å². The van der Waals surface area contributed by atoms with Crippen LogP contribution in [-0.2, 0) is 10.3 Å². The Morgan fingerprint density at radius 3 is 2.31 bits per heavy atom. The van der Waals surface area contributed by atoms with Gasteiger partial charge in [-0.1, -0.05) is 30.3 Å². The highest BCUT2D eigenvalue weighted by Gasteiger charge is 2.32. The van der Waals surface area contributed by atoms with E-state index in [0.717, 1.165) is 25.9 Å². The van der Waals surface area contributed by atoms with Gasteiger partial charge in [0, 0.05) is 25.6 Å². The zero-order valence-electron chi connectivity index (χ0n) is 9.65. The third kappa shape index (κ3) is 2.09. The summed E-state index contributed by atoms with van der Waals surface area (Å²) in [6.45, 7) is 3.15. The Morgan fingerprint density at radius 2 is 1.81 bits per heavy atom. The maximum Gasteiger partial charge on any atom is 0.219 e. The number of nitrogens with two attached hydrogens (primary N) is 1. The smallest absolute Gasteiger partial charge is 0.219 e. The fourth-order valence-corrected chi connectivity index (χ4v) is 2.28. The predicted octanol–water partition coefficient (Wildman–Crippen LogP) is 1.48. The molecule has 1 aliphatic rings. The molecule has 0 spiro atoms. The first-order valence-electron chi connectivity index (χ1n) is 5.72. The molecule has 2 N–H and O–H groups in total. The summed E-state index contributed by atoms with van der Waals surface area (Å²) >= 11 is 0. The van der Waals surface area contributed by atoms with Crippen molar-refractivity contribution in [1.29, 1.82) is 0 Å². The van der Waals surface area contributed by atoms with Crippen LogP contribution in [0.3, 0.4) is 0 Å². The van der Waals surface area contributed by atoms with E-state index in [2.05, 4.69) is 12.1 Å². The molecule has 1 aliphatic heterocycles. The third-order valence-electron chi connectivity index (χ3n) is 3.45. The molecule has 3 heteroatoms. The van der Waals surface area contributed by atoms with E-state index in [9.17, 15) is 4.79 Å². The molecule has 0 saturated carbocycles. The number of piperidine rings is 1. The van der Waals surface area contributed by atoms with Crippen LogP contribution >= 0.6 is 0 Å². The largest absolute Gasteiger partial charge is 0.343 e. The van der Waals surface area contributed by atoms with Gasteiger partial charge in [-0.25, -0.2) is 0 Å². The molecule has 1 saturated heterocycles. The van der Waals surface area contributed by atoms with Gasteiger partial charge in [-0.2, -0.15) is 0 Å². The lowest BCUT2D eigenvalue weighted by atomic mass is 9.82. The molecule has 0 unspecified atom stereocenters. The highest BCUT2D eigenvalue weighted by molar-refractivity contribution is 5.73. The number of likely N-dealkylation sites (tertiary alicyclic amines) is 1. The Morgan fingerprint density at radius 1 is 1.25 bits per heavy atom. The predicted molar refractivity (Wildman–Crippen MR) is 63.8 cm³/mol. The average molecular weight is 218 g/mol. The van der Waals surface area contributed by atoms with Crippen LogP contribution in [0.5, 0.6) is 0 Å². The van der Waals surface area contributed by atoms with E-state index < -0.39 is 0 Å². The van der Waals surface area contributed by atoms with Crippen molar-refractivity contribution in [3.8, 4) is 0 Å². The number of amides is 1. The van der Waals surface area contributed by atoms with Crippen molar-refractivity contribution in [1.82, 2.24) is 4.90 Å². The Bertz CT molecular complexity index is 367. The third-order valence-corrected chi connectivity index (χ3v) is 3.45. The normalized spacial score (nSPS) is 19.5. The quantitative estimate of drug-likeness (QED) is 0.776. The lowest BCUT2D eigenvalue weighted by molar-refractivity contribution is -0.130. The minimum atomic E-state index is -0.257. The van der Waals surface area contributed by atoms with E-state index >= 15 is 0 Å². The van der Waals surface area contributed by atoms with Gasteiger partial charge in [0.1, 0.15) is 0 Å². The first-order valence-corrected chi connectivity index (χ1v) is 5.72. The molecule has 0 aliphatic carbocycles. The average Bonchev–Trinajstić information content (AvgIpc) is 2.31. The lowest BCUT2D eigenvalue weighted by Crippen LogP contribution is -2.49. The number of carbonyl (C=O) groups excluding carboxylic acids is 1. The summed E-state index contributed by atoms with van der Waals surface area (Å²) in [6, 6.07) is 10.2. The summed E-state index contributed by atoms with van der Waals surface area (Å²) in [5.41, 5.74) is 7.33. The monoisotopic (exact) mass is 218 g/mol. The standard InChI is InChI=1S/C13H18N2O/c1-11(16)15-9-7-13(14,8-10-15)12-5-3-2-4-6-12/h2-6H,7-10,14H2,1H3. The van der Waals surface area contributed by atoms with Gasteiger partial charge in [0.05, 0.1) is 0 Å². The molecule has 0 bridgehead atoms. The molecule has 3 nitrogen and oxygen atoms in total. The second kappa shape index (κ2) is 4.26. The van der Waals surface area contributed by atoms with Crippen molar-refractivity contribution < 1.29 is 4.79 Å². The number of carbonyl (C=O) groups is 1. The van der Waals surface area contributed by atoms with E-state index in [0.29, 0.717) is 0 Å². The Labute approximate surface area is 96.2 Å². The van der Waals surface area contributed by atoms with E-state index in [-0.39, 0.29) is 11.4 Å². The molecular weight excluding hydrogens is 200 g/mol. The van der Waals surface area contributed by atoms with Crippen molar-refractivity contribution in [2.24, 2.45) is 5.73 Å².